The fourth-order valence-corrected chi connectivity index (χ4v) is 3.91. The van der Waals surface area contributed by atoms with Crippen molar-refractivity contribution >= 4 is 5.91 Å². The highest BCUT2D eigenvalue weighted by Crippen LogP contribution is 2.38. The van der Waals surface area contributed by atoms with Crippen LogP contribution in [0.5, 0.6) is 0 Å². The molecule has 1 saturated carbocycles. The van der Waals surface area contributed by atoms with E-state index >= 15 is 0 Å². The topological polar surface area (TPSA) is 41.6 Å². The third-order valence-corrected chi connectivity index (χ3v) is 4.90. The van der Waals surface area contributed by atoms with Crippen LogP contribution >= 0.6 is 0 Å². The average molecular weight is 252 g/mol. The van der Waals surface area contributed by atoms with Crippen LogP contribution < -0.4 is 5.32 Å². The third kappa shape index (κ3) is 2.16. The number of amides is 1. The molecule has 4 unspecified atom stereocenters. The molecule has 2 aliphatic heterocycles. The minimum absolute atomic E-state index is 0.0452. The van der Waals surface area contributed by atoms with Gasteiger partial charge in [-0.3, -0.25) is 4.79 Å². The number of rotatable bonds is 3. The number of carbonyl (C=O) groups is 1. The van der Waals surface area contributed by atoms with Crippen LogP contribution in [-0.4, -0.2) is 49.7 Å². The summed E-state index contributed by atoms with van der Waals surface area (Å²) in [7, 11) is 0. The average Bonchev–Trinajstić information content (AvgIpc) is 3.02. The number of nitrogens with zero attached hydrogens (tertiary/aromatic N) is 1. The summed E-state index contributed by atoms with van der Waals surface area (Å²) in [5.41, 5.74) is 0. The zero-order valence-electron chi connectivity index (χ0n) is 11.2. The summed E-state index contributed by atoms with van der Waals surface area (Å²) >= 11 is 0. The fourth-order valence-electron chi connectivity index (χ4n) is 3.91. The Hall–Kier alpha value is -0.610. The van der Waals surface area contributed by atoms with Gasteiger partial charge in [0.15, 0.2) is 0 Å². The standard InChI is InChI=1S/C14H24N2O2/c1-2-15-13-9-18-8-12(13)14(17)16-6-10-4-3-5-11(10)7-16/h10-13,15H,2-9H2,1H3. The van der Waals surface area contributed by atoms with E-state index in [1.807, 2.05) is 0 Å². The lowest BCUT2D eigenvalue weighted by molar-refractivity contribution is -0.135. The molecule has 1 aliphatic carbocycles. The zero-order chi connectivity index (χ0) is 12.5. The van der Waals surface area contributed by atoms with Crippen molar-refractivity contribution in [2.75, 3.05) is 32.8 Å². The van der Waals surface area contributed by atoms with Gasteiger partial charge in [0.1, 0.15) is 0 Å². The predicted molar refractivity (Wildman–Crippen MR) is 69.2 cm³/mol. The number of fused-ring (bicyclic) bond motifs is 1. The first-order valence-electron chi connectivity index (χ1n) is 7.39. The molecule has 0 aromatic carbocycles. The maximum absolute atomic E-state index is 12.6. The summed E-state index contributed by atoms with van der Waals surface area (Å²) in [6, 6.07) is 0.225. The molecule has 2 heterocycles. The Balaban J connectivity index is 1.61. The Kier molecular flexibility index (Phi) is 3.57. The van der Waals surface area contributed by atoms with Gasteiger partial charge in [-0.15, -0.1) is 0 Å². The molecule has 0 spiro atoms. The minimum atomic E-state index is 0.0452. The number of likely N-dealkylation sites (tertiary alicyclic amines) is 1. The quantitative estimate of drug-likeness (QED) is 0.810. The van der Waals surface area contributed by atoms with Crippen molar-refractivity contribution in [1.82, 2.24) is 10.2 Å². The molecular weight excluding hydrogens is 228 g/mol. The van der Waals surface area contributed by atoms with Crippen LogP contribution in [0.2, 0.25) is 0 Å². The zero-order valence-corrected chi connectivity index (χ0v) is 11.2. The van der Waals surface area contributed by atoms with E-state index in [0.717, 1.165) is 31.5 Å². The Bertz CT molecular complexity index is 309. The summed E-state index contributed by atoms with van der Waals surface area (Å²) in [6.45, 7) is 6.27. The number of ether oxygens (including phenoxy) is 1. The Morgan fingerprint density at radius 1 is 1.28 bits per heavy atom. The molecule has 3 aliphatic rings. The molecule has 18 heavy (non-hydrogen) atoms. The summed E-state index contributed by atoms with van der Waals surface area (Å²) in [6.07, 6.45) is 4.02. The number of likely N-dealkylation sites (N-methyl/N-ethyl adjacent to an activating group) is 1. The van der Waals surface area contributed by atoms with E-state index in [9.17, 15) is 4.79 Å². The molecule has 0 aromatic rings. The van der Waals surface area contributed by atoms with E-state index in [1.54, 1.807) is 0 Å². The molecule has 0 aromatic heterocycles. The molecule has 4 heteroatoms. The van der Waals surface area contributed by atoms with Gasteiger partial charge in [0.2, 0.25) is 5.91 Å². The molecule has 0 radical (unpaired) electrons. The van der Waals surface area contributed by atoms with Crippen molar-refractivity contribution in [3.63, 3.8) is 0 Å². The fraction of sp³-hybridized carbons (Fsp3) is 0.929. The van der Waals surface area contributed by atoms with Gasteiger partial charge in [0, 0.05) is 19.1 Å². The first-order valence-corrected chi connectivity index (χ1v) is 7.39. The predicted octanol–water partition coefficient (Wildman–Crippen LogP) is 0.869. The van der Waals surface area contributed by atoms with Crippen LogP contribution in [0.4, 0.5) is 0 Å². The number of hydrogen-bond donors (Lipinski definition) is 1. The lowest BCUT2D eigenvalue weighted by Gasteiger charge is -2.24. The van der Waals surface area contributed by atoms with Crippen molar-refractivity contribution in [3.8, 4) is 0 Å². The normalized spacial score (nSPS) is 39.3. The molecular formula is C14H24N2O2. The van der Waals surface area contributed by atoms with Crippen molar-refractivity contribution in [2.45, 2.75) is 32.2 Å². The van der Waals surface area contributed by atoms with Gasteiger partial charge in [-0.25, -0.2) is 0 Å². The highest BCUT2D eigenvalue weighted by atomic mass is 16.5. The molecule has 3 fully saturated rings. The van der Waals surface area contributed by atoms with E-state index in [2.05, 4.69) is 17.1 Å². The van der Waals surface area contributed by atoms with Gasteiger partial charge in [-0.05, 0) is 31.2 Å². The second-order valence-electron chi connectivity index (χ2n) is 6.00. The summed E-state index contributed by atoms with van der Waals surface area (Å²) in [4.78, 5) is 14.7. The largest absolute Gasteiger partial charge is 0.379 e. The summed E-state index contributed by atoms with van der Waals surface area (Å²) in [5, 5.41) is 3.38. The van der Waals surface area contributed by atoms with E-state index < -0.39 is 0 Å². The highest BCUT2D eigenvalue weighted by molar-refractivity contribution is 5.80. The lowest BCUT2D eigenvalue weighted by Crippen LogP contribution is -2.45. The molecule has 4 atom stereocenters. The van der Waals surface area contributed by atoms with Crippen molar-refractivity contribution in [1.29, 1.82) is 0 Å². The van der Waals surface area contributed by atoms with Gasteiger partial charge in [-0.2, -0.15) is 0 Å². The van der Waals surface area contributed by atoms with Crippen LogP contribution in [0.1, 0.15) is 26.2 Å². The maximum atomic E-state index is 12.6. The third-order valence-electron chi connectivity index (χ3n) is 4.90. The summed E-state index contributed by atoms with van der Waals surface area (Å²) < 4.78 is 5.49. The SMILES string of the molecule is CCNC1COCC1C(=O)N1CC2CCCC2C1. The number of carbonyl (C=O) groups excluding carboxylic acids is 1. The summed E-state index contributed by atoms with van der Waals surface area (Å²) in [5.74, 6) is 1.94. The van der Waals surface area contributed by atoms with Gasteiger partial charge in [-0.1, -0.05) is 13.3 Å². The van der Waals surface area contributed by atoms with Gasteiger partial charge in [0.25, 0.3) is 0 Å². The van der Waals surface area contributed by atoms with Crippen LogP contribution in [0.3, 0.4) is 0 Å². The molecule has 2 saturated heterocycles. The molecule has 102 valence electrons. The maximum Gasteiger partial charge on any atom is 0.229 e. The van der Waals surface area contributed by atoms with Crippen molar-refractivity contribution in [2.24, 2.45) is 17.8 Å². The Labute approximate surface area is 109 Å². The van der Waals surface area contributed by atoms with E-state index in [1.165, 1.54) is 19.3 Å². The second-order valence-corrected chi connectivity index (χ2v) is 6.00. The van der Waals surface area contributed by atoms with Crippen LogP contribution in [0.15, 0.2) is 0 Å². The van der Waals surface area contributed by atoms with E-state index in [-0.39, 0.29) is 12.0 Å². The first-order chi connectivity index (χ1) is 8.79. The molecule has 1 amide bonds. The van der Waals surface area contributed by atoms with Crippen LogP contribution in [0.25, 0.3) is 0 Å². The molecule has 0 bridgehead atoms. The minimum Gasteiger partial charge on any atom is -0.379 e. The van der Waals surface area contributed by atoms with E-state index in [0.29, 0.717) is 19.1 Å². The second kappa shape index (κ2) is 5.17. The number of nitrogens with one attached hydrogen (secondary N) is 1. The monoisotopic (exact) mass is 252 g/mol. The van der Waals surface area contributed by atoms with Gasteiger partial charge < -0.3 is 15.0 Å². The molecule has 4 nitrogen and oxygen atoms in total. The van der Waals surface area contributed by atoms with Crippen molar-refractivity contribution in [3.05, 3.63) is 0 Å². The molecule has 1 N–H and O–H groups in total. The lowest BCUT2D eigenvalue weighted by atomic mass is 10.0. The van der Waals surface area contributed by atoms with Crippen molar-refractivity contribution < 1.29 is 9.53 Å². The number of hydrogen-bond acceptors (Lipinski definition) is 3. The van der Waals surface area contributed by atoms with Crippen LogP contribution in [0, 0.1) is 17.8 Å². The van der Waals surface area contributed by atoms with Gasteiger partial charge >= 0.3 is 0 Å². The van der Waals surface area contributed by atoms with E-state index in [4.69, 9.17) is 4.74 Å². The Morgan fingerprint density at radius 2 is 2.00 bits per heavy atom. The molecule has 3 rings (SSSR count). The first kappa shape index (κ1) is 12.4. The van der Waals surface area contributed by atoms with Gasteiger partial charge in [0.05, 0.1) is 19.1 Å². The smallest absolute Gasteiger partial charge is 0.229 e. The Morgan fingerprint density at radius 3 is 2.67 bits per heavy atom. The highest BCUT2D eigenvalue weighted by Gasteiger charge is 2.42. The van der Waals surface area contributed by atoms with Crippen LogP contribution in [-0.2, 0) is 9.53 Å².